The van der Waals surface area contributed by atoms with Gasteiger partial charge >= 0.3 is 5.97 Å². The molecule has 0 radical (unpaired) electrons. The molecular weight excluding hydrogens is 445 g/mol. The van der Waals surface area contributed by atoms with Crippen molar-refractivity contribution in [2.45, 2.75) is 20.8 Å². The lowest BCUT2D eigenvalue weighted by atomic mass is 9.97. The number of hydrogen-bond donors (Lipinski definition) is 0. The summed E-state index contributed by atoms with van der Waals surface area (Å²) in [4.78, 5) is 16.5. The van der Waals surface area contributed by atoms with Gasteiger partial charge in [0.25, 0.3) is 0 Å². The van der Waals surface area contributed by atoms with Gasteiger partial charge in [-0.25, -0.2) is 9.78 Å². The number of aromatic nitrogens is 1. The molecular formula is C24H25BrNO2P. The van der Waals surface area contributed by atoms with Crippen LogP contribution in [0.2, 0.25) is 0 Å². The predicted octanol–water partition coefficient (Wildman–Crippen LogP) is 6.31. The van der Waals surface area contributed by atoms with E-state index in [0.29, 0.717) is 14.3 Å². The van der Waals surface area contributed by atoms with Crippen LogP contribution in [0.4, 0.5) is 0 Å². The molecule has 1 heterocycles. The summed E-state index contributed by atoms with van der Waals surface area (Å²) in [6, 6.07) is 20.1. The van der Waals surface area contributed by atoms with E-state index in [2.05, 4.69) is 72.0 Å². The summed E-state index contributed by atoms with van der Waals surface area (Å²) in [7, 11) is 2.08. The van der Waals surface area contributed by atoms with Crippen LogP contribution in [0.3, 0.4) is 0 Å². The number of halogens is 1. The Morgan fingerprint density at radius 3 is 2.41 bits per heavy atom. The highest BCUT2D eigenvalue weighted by Crippen LogP contribution is 2.35. The first-order valence-corrected chi connectivity index (χ1v) is 11.5. The summed E-state index contributed by atoms with van der Waals surface area (Å²) in [5.41, 5.74) is 4.65. The lowest BCUT2D eigenvalue weighted by Crippen LogP contribution is -2.11. The maximum absolute atomic E-state index is 11.9. The van der Waals surface area contributed by atoms with E-state index in [1.54, 1.807) is 6.07 Å². The molecule has 2 aromatic carbocycles. The van der Waals surface area contributed by atoms with Crippen molar-refractivity contribution in [3.8, 4) is 22.4 Å². The van der Waals surface area contributed by atoms with E-state index < -0.39 is 5.97 Å². The monoisotopic (exact) mass is 469 g/mol. The van der Waals surface area contributed by atoms with Crippen molar-refractivity contribution in [1.82, 2.24) is 4.98 Å². The number of esters is 1. The van der Waals surface area contributed by atoms with Gasteiger partial charge in [-0.3, -0.25) is 0 Å². The molecule has 1 aromatic heterocycles. The summed E-state index contributed by atoms with van der Waals surface area (Å²) in [6.45, 7) is 6.82. The van der Waals surface area contributed by atoms with Gasteiger partial charge < -0.3 is 4.74 Å². The molecule has 0 saturated carbocycles. The number of hydrogen-bond acceptors (Lipinski definition) is 3. The number of carbonyl (C=O) groups excluding carboxylic acids is 1. The fourth-order valence-electron chi connectivity index (χ4n) is 3.00. The fraction of sp³-hybridized carbons (Fsp3) is 0.250. The molecule has 0 amide bonds. The SMILES string of the molecule is COC(=O)c1cccc(-c2ccccc2-c2cc(Br)ccc2PCC(C)(C)C)n1. The number of ether oxygens (including phenoxy) is 1. The highest BCUT2D eigenvalue weighted by atomic mass is 79.9. The molecule has 150 valence electrons. The number of rotatable bonds is 5. The molecule has 3 rings (SSSR count). The third kappa shape index (κ3) is 5.52. The quantitative estimate of drug-likeness (QED) is 0.324. The first-order valence-electron chi connectivity index (χ1n) is 9.47. The van der Waals surface area contributed by atoms with Gasteiger partial charge in [-0.15, -0.1) is 0 Å². The molecule has 3 aromatic rings. The molecule has 0 aliphatic rings. The Bertz CT molecular complexity index is 1030. The smallest absolute Gasteiger partial charge is 0.356 e. The summed E-state index contributed by atoms with van der Waals surface area (Å²) >= 11 is 3.63. The van der Waals surface area contributed by atoms with Crippen LogP contribution in [-0.4, -0.2) is 24.2 Å². The van der Waals surface area contributed by atoms with Crippen LogP contribution >= 0.6 is 24.5 Å². The van der Waals surface area contributed by atoms with E-state index in [-0.39, 0.29) is 5.41 Å². The van der Waals surface area contributed by atoms with Crippen LogP contribution in [-0.2, 0) is 4.74 Å². The molecule has 3 nitrogen and oxygen atoms in total. The van der Waals surface area contributed by atoms with Gasteiger partial charge in [0.15, 0.2) is 0 Å². The number of nitrogens with zero attached hydrogens (tertiary/aromatic N) is 1. The molecule has 1 atom stereocenters. The first-order chi connectivity index (χ1) is 13.8. The fourth-order valence-corrected chi connectivity index (χ4v) is 4.68. The van der Waals surface area contributed by atoms with Crippen molar-refractivity contribution in [1.29, 1.82) is 0 Å². The van der Waals surface area contributed by atoms with Crippen molar-refractivity contribution in [3.63, 3.8) is 0 Å². The van der Waals surface area contributed by atoms with Gasteiger partial charge in [0.1, 0.15) is 5.69 Å². The lowest BCUT2D eigenvalue weighted by Gasteiger charge is -2.20. The van der Waals surface area contributed by atoms with Crippen LogP contribution < -0.4 is 5.30 Å². The van der Waals surface area contributed by atoms with E-state index in [1.165, 1.54) is 18.0 Å². The van der Waals surface area contributed by atoms with E-state index in [4.69, 9.17) is 4.74 Å². The molecule has 0 aliphatic carbocycles. The number of benzene rings is 2. The van der Waals surface area contributed by atoms with Crippen molar-refractivity contribution in [2.75, 3.05) is 13.3 Å². The largest absolute Gasteiger partial charge is 0.464 e. The minimum Gasteiger partial charge on any atom is -0.464 e. The Balaban J connectivity index is 2.11. The number of pyridine rings is 1. The molecule has 0 bridgehead atoms. The third-order valence-corrected chi connectivity index (χ3v) is 6.98. The molecule has 0 aliphatic heterocycles. The average molecular weight is 470 g/mol. The maximum Gasteiger partial charge on any atom is 0.356 e. The third-order valence-electron chi connectivity index (χ3n) is 4.43. The Labute approximate surface area is 182 Å². The van der Waals surface area contributed by atoms with Gasteiger partial charge in [-0.05, 0) is 52.3 Å². The van der Waals surface area contributed by atoms with Crippen molar-refractivity contribution in [3.05, 3.63) is 70.8 Å². The van der Waals surface area contributed by atoms with Gasteiger partial charge in [0.05, 0.1) is 12.8 Å². The van der Waals surface area contributed by atoms with Gasteiger partial charge in [-0.2, -0.15) is 0 Å². The van der Waals surface area contributed by atoms with E-state index >= 15 is 0 Å². The topological polar surface area (TPSA) is 39.2 Å². The van der Waals surface area contributed by atoms with Crippen molar-refractivity contribution < 1.29 is 9.53 Å². The molecule has 5 heteroatoms. The zero-order chi connectivity index (χ0) is 21.0. The second-order valence-corrected chi connectivity index (χ2v) is 10.2. The Morgan fingerprint density at radius 2 is 1.72 bits per heavy atom. The second kappa shape index (κ2) is 9.19. The first kappa shape index (κ1) is 21.7. The van der Waals surface area contributed by atoms with E-state index in [0.717, 1.165) is 27.5 Å². The molecule has 0 fully saturated rings. The van der Waals surface area contributed by atoms with Gasteiger partial charge in [0.2, 0.25) is 0 Å². The zero-order valence-corrected chi connectivity index (χ0v) is 19.7. The minimum absolute atomic E-state index is 0.276. The normalized spacial score (nSPS) is 11.8. The Morgan fingerprint density at radius 1 is 1.00 bits per heavy atom. The standard InChI is InChI=1S/C24H25BrNO2P/c1-24(2,3)15-29-22-13-12-16(25)14-19(22)17-8-5-6-9-18(17)20-10-7-11-21(26-20)23(27)28-4/h5-14,29H,15H2,1-4H3. The van der Waals surface area contributed by atoms with Gasteiger partial charge in [-0.1, -0.05) is 81.7 Å². The number of methoxy groups -OCH3 is 1. The van der Waals surface area contributed by atoms with Crippen LogP contribution in [0.15, 0.2) is 65.1 Å². The van der Waals surface area contributed by atoms with Gasteiger partial charge in [0, 0.05) is 10.0 Å². The summed E-state index contributed by atoms with van der Waals surface area (Å²) in [5, 5.41) is 1.33. The van der Waals surface area contributed by atoms with Crippen LogP contribution in [0.25, 0.3) is 22.4 Å². The predicted molar refractivity (Wildman–Crippen MR) is 126 cm³/mol. The van der Waals surface area contributed by atoms with Crippen molar-refractivity contribution in [2.24, 2.45) is 5.41 Å². The Hall–Kier alpha value is -2.03. The highest BCUT2D eigenvalue weighted by molar-refractivity contribution is 9.10. The summed E-state index contributed by atoms with van der Waals surface area (Å²) in [6.07, 6.45) is 1.12. The minimum atomic E-state index is -0.431. The summed E-state index contributed by atoms with van der Waals surface area (Å²) in [5.74, 6) is -0.431. The molecule has 1 unspecified atom stereocenters. The van der Waals surface area contributed by atoms with E-state index in [1.807, 2.05) is 24.3 Å². The van der Waals surface area contributed by atoms with Crippen LogP contribution in [0, 0.1) is 5.41 Å². The van der Waals surface area contributed by atoms with E-state index in [9.17, 15) is 4.79 Å². The van der Waals surface area contributed by atoms with Crippen molar-refractivity contribution >= 4 is 35.8 Å². The maximum atomic E-state index is 11.9. The average Bonchev–Trinajstić information content (AvgIpc) is 2.71. The molecule has 0 saturated heterocycles. The second-order valence-electron chi connectivity index (χ2n) is 8.05. The molecule has 0 spiro atoms. The zero-order valence-electron chi connectivity index (χ0n) is 17.1. The number of carbonyl (C=O) groups is 1. The van der Waals surface area contributed by atoms with Crippen LogP contribution in [0.1, 0.15) is 31.3 Å². The highest BCUT2D eigenvalue weighted by Gasteiger charge is 2.16. The summed E-state index contributed by atoms with van der Waals surface area (Å²) < 4.78 is 5.88. The molecule has 29 heavy (non-hydrogen) atoms. The lowest BCUT2D eigenvalue weighted by molar-refractivity contribution is 0.0594. The van der Waals surface area contributed by atoms with Crippen LogP contribution in [0.5, 0.6) is 0 Å². The Kier molecular flexibility index (Phi) is 6.87. The molecule has 0 N–H and O–H groups in total.